The lowest BCUT2D eigenvalue weighted by Crippen LogP contribution is -2.29. The van der Waals surface area contributed by atoms with Gasteiger partial charge in [0.2, 0.25) is 0 Å². The van der Waals surface area contributed by atoms with Crippen molar-refractivity contribution in [3.63, 3.8) is 0 Å². The van der Waals surface area contributed by atoms with Gasteiger partial charge in [0.25, 0.3) is 0 Å². The lowest BCUT2D eigenvalue weighted by molar-refractivity contribution is -0.154. The second-order valence-corrected chi connectivity index (χ2v) is 6.66. The molecule has 0 saturated carbocycles. The van der Waals surface area contributed by atoms with Crippen molar-refractivity contribution in [3.8, 4) is 10.6 Å². The fourth-order valence-electron chi connectivity index (χ4n) is 2.44. The Bertz CT molecular complexity index is 865. The number of benzene rings is 1. The first-order chi connectivity index (χ1) is 12.0. The van der Waals surface area contributed by atoms with E-state index in [0.29, 0.717) is 0 Å². The van der Waals surface area contributed by atoms with Gasteiger partial charge < -0.3 is 4.74 Å². The van der Waals surface area contributed by atoms with E-state index in [2.05, 4.69) is 9.97 Å². The van der Waals surface area contributed by atoms with Crippen LogP contribution >= 0.6 is 11.3 Å². The first-order valence-electron chi connectivity index (χ1n) is 7.87. The molecule has 0 amide bonds. The van der Waals surface area contributed by atoms with Gasteiger partial charge in [-0.2, -0.15) is 0 Å². The van der Waals surface area contributed by atoms with Gasteiger partial charge in [0.05, 0.1) is 4.88 Å². The highest BCUT2D eigenvalue weighted by molar-refractivity contribution is 7.15. The van der Waals surface area contributed by atoms with Crippen molar-refractivity contribution in [1.29, 1.82) is 0 Å². The summed E-state index contributed by atoms with van der Waals surface area (Å²) in [4.78, 5) is 21.2. The fourth-order valence-corrected chi connectivity index (χ4v) is 3.47. The first-order valence-corrected chi connectivity index (χ1v) is 8.69. The van der Waals surface area contributed by atoms with Gasteiger partial charge in [0.15, 0.2) is 5.60 Å². The molecule has 0 radical (unpaired) electrons. The van der Waals surface area contributed by atoms with E-state index in [4.69, 9.17) is 4.74 Å². The Labute approximate surface area is 149 Å². The Morgan fingerprint density at radius 2 is 1.88 bits per heavy atom. The van der Waals surface area contributed by atoms with Gasteiger partial charge in [-0.3, -0.25) is 9.78 Å². The molecule has 25 heavy (non-hydrogen) atoms. The van der Waals surface area contributed by atoms with Crippen LogP contribution < -0.4 is 0 Å². The molecule has 0 bridgehead atoms. The van der Waals surface area contributed by atoms with Crippen LogP contribution in [0.15, 0.2) is 55.0 Å². The molecule has 4 nitrogen and oxygen atoms in total. The second kappa shape index (κ2) is 7.11. The van der Waals surface area contributed by atoms with Crippen LogP contribution in [0.1, 0.15) is 30.7 Å². The van der Waals surface area contributed by atoms with E-state index >= 15 is 0 Å². The van der Waals surface area contributed by atoms with Crippen molar-refractivity contribution >= 4 is 17.3 Å². The topological polar surface area (TPSA) is 52.1 Å². The minimum absolute atomic E-state index is 0.282. The Morgan fingerprint density at radius 3 is 2.52 bits per heavy atom. The molecule has 6 heteroatoms. The summed E-state index contributed by atoms with van der Waals surface area (Å²) < 4.78 is 18.9. The third-order valence-corrected chi connectivity index (χ3v) is 5.15. The average molecular weight is 356 g/mol. The number of hydrogen-bond donors (Lipinski definition) is 0. The number of esters is 1. The van der Waals surface area contributed by atoms with E-state index < -0.39 is 5.60 Å². The normalized spacial score (nSPS) is 13.2. The van der Waals surface area contributed by atoms with Crippen LogP contribution in [0.25, 0.3) is 10.6 Å². The molecule has 2 aromatic heterocycles. The van der Waals surface area contributed by atoms with Crippen molar-refractivity contribution in [2.45, 2.75) is 25.9 Å². The Balaban J connectivity index is 2.02. The van der Waals surface area contributed by atoms with Crippen LogP contribution in [0, 0.1) is 5.82 Å². The molecule has 128 valence electrons. The summed E-state index contributed by atoms with van der Waals surface area (Å²) in [6.45, 7) is 3.60. The summed E-state index contributed by atoms with van der Waals surface area (Å²) in [6.07, 6.45) is 5.31. The molecule has 0 aliphatic carbocycles. The van der Waals surface area contributed by atoms with Gasteiger partial charge in [-0.15, -0.1) is 11.3 Å². The number of rotatable bonds is 5. The molecule has 0 fully saturated rings. The summed E-state index contributed by atoms with van der Waals surface area (Å²) in [5.74, 6) is -0.588. The van der Waals surface area contributed by atoms with Gasteiger partial charge in [0, 0.05) is 36.1 Å². The maximum atomic E-state index is 13.1. The SMILES string of the molecule is CCC(=O)OC(C)(c1ccncc1)c1cnc(-c2ccc(F)cc2)s1. The van der Waals surface area contributed by atoms with Gasteiger partial charge >= 0.3 is 5.97 Å². The first kappa shape index (κ1) is 17.2. The van der Waals surface area contributed by atoms with Crippen molar-refractivity contribution < 1.29 is 13.9 Å². The molecule has 0 saturated heterocycles. The zero-order chi connectivity index (χ0) is 17.9. The van der Waals surface area contributed by atoms with E-state index in [1.807, 2.05) is 19.1 Å². The number of thiazole rings is 1. The van der Waals surface area contributed by atoms with Gasteiger partial charge in [0.1, 0.15) is 10.8 Å². The summed E-state index contributed by atoms with van der Waals surface area (Å²) in [5, 5.41) is 0.739. The predicted octanol–water partition coefficient (Wildman–Crippen LogP) is 4.56. The van der Waals surface area contributed by atoms with Crippen molar-refractivity contribution in [3.05, 3.63) is 71.2 Å². The zero-order valence-corrected chi connectivity index (χ0v) is 14.7. The Hall–Kier alpha value is -2.60. The average Bonchev–Trinajstić information content (AvgIpc) is 3.13. The number of halogens is 1. The lowest BCUT2D eigenvalue weighted by atomic mass is 9.95. The summed E-state index contributed by atoms with van der Waals surface area (Å²) in [7, 11) is 0. The highest BCUT2D eigenvalue weighted by atomic mass is 32.1. The van der Waals surface area contributed by atoms with E-state index in [1.165, 1.54) is 23.5 Å². The van der Waals surface area contributed by atoms with Crippen LogP contribution in [0.4, 0.5) is 4.39 Å². The van der Waals surface area contributed by atoms with E-state index in [1.54, 1.807) is 37.6 Å². The van der Waals surface area contributed by atoms with Crippen LogP contribution in [0.2, 0.25) is 0 Å². The summed E-state index contributed by atoms with van der Waals surface area (Å²) in [6, 6.07) is 9.80. The molecule has 1 aromatic carbocycles. The highest BCUT2D eigenvalue weighted by Gasteiger charge is 2.35. The van der Waals surface area contributed by atoms with Gasteiger partial charge in [-0.1, -0.05) is 6.92 Å². The molecule has 0 spiro atoms. The highest BCUT2D eigenvalue weighted by Crippen LogP contribution is 2.39. The molecule has 3 aromatic rings. The molecule has 0 aliphatic heterocycles. The Morgan fingerprint density at radius 1 is 1.20 bits per heavy atom. The minimum Gasteiger partial charge on any atom is -0.449 e. The number of hydrogen-bond acceptors (Lipinski definition) is 5. The van der Waals surface area contributed by atoms with Crippen molar-refractivity contribution in [2.75, 3.05) is 0 Å². The quantitative estimate of drug-likeness (QED) is 0.629. The molecule has 0 aliphatic rings. The number of nitrogens with zero attached hydrogens (tertiary/aromatic N) is 2. The van der Waals surface area contributed by atoms with Gasteiger partial charge in [-0.05, 0) is 43.3 Å². The molecule has 3 rings (SSSR count). The standard InChI is InChI=1S/C19H17FN2O2S/c1-3-17(23)24-19(2,14-8-10-21-11-9-14)16-12-22-18(25-16)13-4-6-15(20)7-5-13/h4-12H,3H2,1-2H3. The maximum Gasteiger partial charge on any atom is 0.306 e. The largest absolute Gasteiger partial charge is 0.449 e. The summed E-state index contributed by atoms with van der Waals surface area (Å²) in [5.41, 5.74) is 0.682. The minimum atomic E-state index is -0.952. The van der Waals surface area contributed by atoms with Crippen LogP contribution in [-0.4, -0.2) is 15.9 Å². The van der Waals surface area contributed by atoms with Crippen LogP contribution in [0.3, 0.4) is 0 Å². The molecule has 0 N–H and O–H groups in total. The number of carbonyl (C=O) groups excluding carboxylic acids is 1. The Kier molecular flexibility index (Phi) is 4.90. The molecular weight excluding hydrogens is 339 g/mol. The number of ether oxygens (including phenoxy) is 1. The maximum absolute atomic E-state index is 13.1. The third kappa shape index (κ3) is 3.58. The van der Waals surface area contributed by atoms with E-state index in [9.17, 15) is 9.18 Å². The van der Waals surface area contributed by atoms with E-state index in [0.717, 1.165) is 21.0 Å². The lowest BCUT2D eigenvalue weighted by Gasteiger charge is -2.28. The van der Waals surface area contributed by atoms with Crippen molar-refractivity contribution in [1.82, 2.24) is 9.97 Å². The molecule has 1 atom stereocenters. The number of carbonyl (C=O) groups is 1. The molecule has 1 unspecified atom stereocenters. The van der Waals surface area contributed by atoms with E-state index in [-0.39, 0.29) is 18.2 Å². The second-order valence-electron chi connectivity index (χ2n) is 5.63. The zero-order valence-electron chi connectivity index (χ0n) is 13.9. The smallest absolute Gasteiger partial charge is 0.306 e. The molecular formula is C19H17FN2O2S. The number of aromatic nitrogens is 2. The van der Waals surface area contributed by atoms with Crippen LogP contribution in [-0.2, 0) is 15.1 Å². The fraction of sp³-hybridized carbons (Fsp3) is 0.211. The van der Waals surface area contributed by atoms with Crippen molar-refractivity contribution in [2.24, 2.45) is 0 Å². The predicted molar refractivity (Wildman–Crippen MR) is 94.6 cm³/mol. The summed E-state index contributed by atoms with van der Waals surface area (Å²) >= 11 is 1.41. The van der Waals surface area contributed by atoms with Crippen LogP contribution in [0.5, 0.6) is 0 Å². The molecule has 2 heterocycles. The monoisotopic (exact) mass is 356 g/mol. The third-order valence-electron chi connectivity index (χ3n) is 3.90. The number of pyridine rings is 1. The van der Waals surface area contributed by atoms with Gasteiger partial charge in [-0.25, -0.2) is 9.37 Å².